The average Bonchev–Trinajstić information content (AvgIpc) is 3.46. The molecule has 4 aromatic carbocycles. The van der Waals surface area contributed by atoms with Gasteiger partial charge >= 0.3 is 0 Å². The number of aromatic nitrogens is 3. The highest BCUT2D eigenvalue weighted by Gasteiger charge is 2.38. The number of carbonyl (C=O) groups excluding carboxylic acids is 1. The largest absolute Gasteiger partial charge is 0.389 e. The highest BCUT2D eigenvalue weighted by Crippen LogP contribution is 2.42. The number of nitrogens with zero attached hydrogens (tertiary/aromatic N) is 4. The van der Waals surface area contributed by atoms with E-state index in [9.17, 15) is 9.90 Å². The van der Waals surface area contributed by atoms with Gasteiger partial charge < -0.3 is 19.7 Å². The Balaban J connectivity index is 1.71. The third-order valence-corrected chi connectivity index (χ3v) is 8.47. The molecule has 6 aromatic rings. The molecule has 2 aromatic heterocycles. The molecule has 0 spiro atoms. The van der Waals surface area contributed by atoms with Crippen molar-refractivity contribution in [2.45, 2.75) is 45.1 Å². The summed E-state index contributed by atoms with van der Waals surface area (Å²) in [5.74, 6) is 0.881. The summed E-state index contributed by atoms with van der Waals surface area (Å²) in [6, 6.07) is 36.3. The molecule has 9 nitrogen and oxygen atoms in total. The van der Waals surface area contributed by atoms with Gasteiger partial charge in [-0.15, -0.1) is 0 Å². The molecule has 9 heteroatoms. The molecule has 0 atom stereocenters. The number of imidazole rings is 1. The van der Waals surface area contributed by atoms with Crippen LogP contribution in [-0.2, 0) is 28.3 Å². The lowest BCUT2D eigenvalue weighted by atomic mass is 9.77. The number of hydrogen-bond acceptors (Lipinski definition) is 7. The molecular weight excluding hydrogens is 602 g/mol. The van der Waals surface area contributed by atoms with Gasteiger partial charge in [-0.05, 0) is 55.7 Å². The number of carbonyl (C=O) groups is 1. The zero-order valence-corrected chi connectivity index (χ0v) is 28.0. The fourth-order valence-corrected chi connectivity index (χ4v) is 6.24. The van der Waals surface area contributed by atoms with Gasteiger partial charge in [-0.25, -0.2) is 15.0 Å². The van der Waals surface area contributed by atoms with E-state index in [0.717, 1.165) is 27.6 Å². The predicted octanol–water partition coefficient (Wildman–Crippen LogP) is 6.93. The maximum absolute atomic E-state index is 13.2. The second-order valence-electron chi connectivity index (χ2n) is 12.4. The van der Waals surface area contributed by atoms with Crippen LogP contribution in [0.1, 0.15) is 53.6 Å². The number of pyridine rings is 1. The quantitative estimate of drug-likeness (QED) is 0.110. The summed E-state index contributed by atoms with van der Waals surface area (Å²) < 4.78 is 7.90. The second kappa shape index (κ2) is 13.6. The first-order valence-corrected chi connectivity index (χ1v) is 16.1. The van der Waals surface area contributed by atoms with Crippen molar-refractivity contribution in [1.29, 1.82) is 0 Å². The summed E-state index contributed by atoms with van der Waals surface area (Å²) in [6.07, 6.45) is 0. The van der Waals surface area contributed by atoms with Crippen LogP contribution >= 0.6 is 0 Å². The van der Waals surface area contributed by atoms with Crippen molar-refractivity contribution in [1.82, 2.24) is 19.6 Å². The van der Waals surface area contributed by atoms with Crippen LogP contribution in [-0.4, -0.2) is 57.0 Å². The molecule has 0 aliphatic carbocycles. The Hall–Kier alpha value is -5.09. The lowest BCUT2D eigenvalue weighted by molar-refractivity contribution is -0.0756. The van der Waals surface area contributed by atoms with Crippen molar-refractivity contribution < 1.29 is 19.5 Å². The third kappa shape index (κ3) is 6.27. The number of amides is 1. The number of hydroxylamine groups is 2. The SMILES string of the molecule is CCOCc1nc2c(NC(c3ccccc3)(c3ccccc3)c3ccccc3)nc3cc(C(=O)N(C)OC)ccc3c2n1CC(C)(C)O. The highest BCUT2D eigenvalue weighted by molar-refractivity contribution is 6.09. The Bertz CT molecular complexity index is 1930. The van der Waals surface area contributed by atoms with E-state index in [1.807, 2.05) is 72.2 Å². The Labute approximate surface area is 280 Å². The maximum atomic E-state index is 13.2. The molecule has 2 heterocycles. The first-order chi connectivity index (χ1) is 23.2. The Morgan fingerprint density at radius 3 is 1.94 bits per heavy atom. The Kier molecular flexibility index (Phi) is 9.28. The minimum absolute atomic E-state index is 0.249. The minimum Gasteiger partial charge on any atom is -0.389 e. The lowest BCUT2D eigenvalue weighted by Gasteiger charge is -2.37. The number of hydrogen-bond donors (Lipinski definition) is 2. The summed E-state index contributed by atoms with van der Waals surface area (Å²) in [4.78, 5) is 28.8. The van der Waals surface area contributed by atoms with E-state index in [2.05, 4.69) is 41.7 Å². The number of anilines is 1. The van der Waals surface area contributed by atoms with Crippen molar-refractivity contribution >= 4 is 33.7 Å². The topological polar surface area (TPSA) is 102 Å². The van der Waals surface area contributed by atoms with Crippen LogP contribution < -0.4 is 5.32 Å². The summed E-state index contributed by atoms with van der Waals surface area (Å²) in [5.41, 5.74) is 3.49. The van der Waals surface area contributed by atoms with Gasteiger partial charge in [0.15, 0.2) is 5.82 Å². The van der Waals surface area contributed by atoms with Crippen LogP contribution in [0.5, 0.6) is 0 Å². The number of rotatable bonds is 12. The van der Waals surface area contributed by atoms with Gasteiger partial charge in [0.1, 0.15) is 23.5 Å². The number of ether oxygens (including phenoxy) is 1. The molecule has 6 rings (SSSR count). The molecule has 0 bridgehead atoms. The molecule has 0 aliphatic rings. The van der Waals surface area contributed by atoms with Crippen molar-refractivity contribution in [2.24, 2.45) is 0 Å². The Morgan fingerprint density at radius 1 is 0.875 bits per heavy atom. The molecule has 0 fully saturated rings. The van der Waals surface area contributed by atoms with E-state index in [1.165, 1.54) is 12.2 Å². The number of aliphatic hydroxyl groups is 1. The number of benzene rings is 4. The lowest BCUT2D eigenvalue weighted by Crippen LogP contribution is -2.38. The molecule has 0 saturated carbocycles. The van der Waals surface area contributed by atoms with Crippen molar-refractivity contribution in [3.8, 4) is 0 Å². The van der Waals surface area contributed by atoms with Crippen molar-refractivity contribution in [3.05, 3.63) is 137 Å². The summed E-state index contributed by atoms with van der Waals surface area (Å²) in [5, 5.41) is 17.0. The molecule has 0 unspecified atom stereocenters. The fourth-order valence-electron chi connectivity index (χ4n) is 6.24. The first kappa shape index (κ1) is 32.8. The van der Waals surface area contributed by atoms with Gasteiger partial charge in [0.05, 0.1) is 30.3 Å². The minimum atomic E-state index is -1.06. The van der Waals surface area contributed by atoms with Gasteiger partial charge in [0.2, 0.25) is 0 Å². The Morgan fingerprint density at radius 2 is 1.44 bits per heavy atom. The smallest absolute Gasteiger partial charge is 0.277 e. The average molecular weight is 644 g/mol. The van der Waals surface area contributed by atoms with Crippen LogP contribution in [0.4, 0.5) is 5.82 Å². The van der Waals surface area contributed by atoms with E-state index in [0.29, 0.717) is 34.8 Å². The highest BCUT2D eigenvalue weighted by atomic mass is 16.7. The maximum Gasteiger partial charge on any atom is 0.277 e. The van der Waals surface area contributed by atoms with E-state index in [4.69, 9.17) is 19.5 Å². The van der Waals surface area contributed by atoms with Gasteiger partial charge in [-0.2, -0.15) is 0 Å². The fraction of sp³-hybridized carbons (Fsp3) is 0.256. The summed E-state index contributed by atoms with van der Waals surface area (Å²) >= 11 is 0. The third-order valence-electron chi connectivity index (χ3n) is 8.47. The molecule has 0 saturated heterocycles. The summed E-state index contributed by atoms with van der Waals surface area (Å²) in [7, 11) is 3.02. The van der Waals surface area contributed by atoms with E-state index in [1.54, 1.807) is 33.0 Å². The molecule has 0 radical (unpaired) electrons. The van der Waals surface area contributed by atoms with Crippen molar-refractivity contribution in [3.63, 3.8) is 0 Å². The molecule has 1 amide bonds. The van der Waals surface area contributed by atoms with Crippen LogP contribution in [0.2, 0.25) is 0 Å². The van der Waals surface area contributed by atoms with Gasteiger partial charge in [-0.1, -0.05) is 91.0 Å². The normalized spacial score (nSPS) is 12.0. The van der Waals surface area contributed by atoms with E-state index >= 15 is 0 Å². The zero-order valence-electron chi connectivity index (χ0n) is 28.0. The molecule has 2 N–H and O–H groups in total. The van der Waals surface area contributed by atoms with Crippen LogP contribution in [0.15, 0.2) is 109 Å². The molecular formula is C39H41N5O4. The first-order valence-electron chi connectivity index (χ1n) is 16.1. The van der Waals surface area contributed by atoms with E-state index in [-0.39, 0.29) is 19.1 Å². The molecule has 0 aliphatic heterocycles. The van der Waals surface area contributed by atoms with Gasteiger partial charge in [-0.3, -0.25) is 9.63 Å². The van der Waals surface area contributed by atoms with Crippen molar-refractivity contribution in [2.75, 3.05) is 26.1 Å². The van der Waals surface area contributed by atoms with Crippen LogP contribution in [0.3, 0.4) is 0 Å². The van der Waals surface area contributed by atoms with Crippen LogP contribution in [0.25, 0.3) is 21.9 Å². The van der Waals surface area contributed by atoms with Crippen LogP contribution in [0, 0.1) is 0 Å². The monoisotopic (exact) mass is 643 g/mol. The standard InChI is InChI=1S/C39H41N5O4/c1-6-48-25-33-41-34-35(44(33)26-38(2,3)46)31-23-22-27(37(45)43(4)47-5)24-32(31)40-36(34)42-39(28-16-10-7-11-17-28,29-18-12-8-13-19-29)30-20-14-9-15-21-30/h7-24,46H,6,25-26H2,1-5H3,(H,40,42). The zero-order chi connectivity index (χ0) is 33.9. The van der Waals surface area contributed by atoms with Gasteiger partial charge in [0.25, 0.3) is 5.91 Å². The molecule has 246 valence electrons. The number of nitrogens with one attached hydrogen (secondary N) is 1. The van der Waals surface area contributed by atoms with Gasteiger partial charge in [0, 0.05) is 24.6 Å². The summed E-state index contributed by atoms with van der Waals surface area (Å²) in [6.45, 7) is 6.50. The second-order valence-corrected chi connectivity index (χ2v) is 12.4. The predicted molar refractivity (Wildman–Crippen MR) is 189 cm³/mol. The molecule has 48 heavy (non-hydrogen) atoms. The van der Waals surface area contributed by atoms with E-state index < -0.39 is 11.1 Å². The number of fused-ring (bicyclic) bond motifs is 3.